The van der Waals surface area contributed by atoms with Gasteiger partial charge < -0.3 is 19.5 Å². The van der Waals surface area contributed by atoms with Crippen molar-refractivity contribution < 1.29 is 14.0 Å². The van der Waals surface area contributed by atoms with Crippen molar-refractivity contribution in [3.63, 3.8) is 0 Å². The van der Waals surface area contributed by atoms with E-state index in [4.69, 9.17) is 4.42 Å². The molecule has 0 spiro atoms. The van der Waals surface area contributed by atoms with Crippen LogP contribution in [-0.2, 0) is 11.3 Å². The Balaban J connectivity index is 1.89. The Labute approximate surface area is 192 Å². The molecule has 1 heterocycles. The molecule has 0 unspecified atom stereocenters. The molecule has 1 aromatic heterocycles. The first-order valence-corrected chi connectivity index (χ1v) is 11.6. The minimum Gasteiger partial charge on any atom is -0.459 e. The molecular weight excluding hydrogens is 402 g/mol. The van der Waals surface area contributed by atoms with Gasteiger partial charge in [-0.25, -0.2) is 0 Å². The largest absolute Gasteiger partial charge is 0.459 e. The van der Waals surface area contributed by atoms with E-state index in [9.17, 15) is 9.59 Å². The number of carbonyl (C=O) groups is 2. The number of rotatable bonds is 7. The van der Waals surface area contributed by atoms with Crippen LogP contribution < -0.4 is 10.2 Å². The molecular formula is C26H37N3O3. The van der Waals surface area contributed by atoms with Gasteiger partial charge in [-0.15, -0.1) is 0 Å². The molecule has 1 aromatic carbocycles. The molecule has 0 radical (unpaired) electrons. The first kappa shape index (κ1) is 23.9. The van der Waals surface area contributed by atoms with Crippen LogP contribution in [0.2, 0.25) is 0 Å². The lowest BCUT2D eigenvalue weighted by atomic mass is 9.92. The third kappa shape index (κ3) is 6.38. The summed E-state index contributed by atoms with van der Waals surface area (Å²) in [4.78, 5) is 29.9. The van der Waals surface area contributed by atoms with Crippen LogP contribution in [-0.4, -0.2) is 36.9 Å². The smallest absolute Gasteiger partial charge is 0.290 e. The Morgan fingerprint density at radius 3 is 2.41 bits per heavy atom. The highest BCUT2D eigenvalue weighted by atomic mass is 16.3. The number of hydrogen-bond acceptors (Lipinski definition) is 4. The Morgan fingerprint density at radius 2 is 1.81 bits per heavy atom. The summed E-state index contributed by atoms with van der Waals surface area (Å²) in [5.41, 5.74) is 2.72. The number of hydrogen-bond donors (Lipinski definition) is 1. The molecule has 1 N–H and O–H groups in total. The average molecular weight is 440 g/mol. The van der Waals surface area contributed by atoms with Gasteiger partial charge in [-0.1, -0.05) is 40.0 Å². The molecule has 1 aliphatic rings. The van der Waals surface area contributed by atoms with Gasteiger partial charge in [-0.05, 0) is 54.2 Å². The van der Waals surface area contributed by atoms with E-state index in [1.165, 1.54) is 6.42 Å². The minimum absolute atomic E-state index is 0.00292. The molecule has 1 aliphatic carbocycles. The van der Waals surface area contributed by atoms with Crippen LogP contribution in [0.3, 0.4) is 0 Å². The zero-order chi connectivity index (χ0) is 23.3. The molecule has 2 aromatic rings. The van der Waals surface area contributed by atoms with Crippen LogP contribution in [0.25, 0.3) is 0 Å². The lowest BCUT2D eigenvalue weighted by molar-refractivity contribution is -0.117. The molecule has 0 bridgehead atoms. The summed E-state index contributed by atoms with van der Waals surface area (Å²) in [5.74, 6) is 0.294. The van der Waals surface area contributed by atoms with Gasteiger partial charge in [0, 0.05) is 44.5 Å². The van der Waals surface area contributed by atoms with Crippen LogP contribution in [0.4, 0.5) is 11.4 Å². The highest BCUT2D eigenvalue weighted by Gasteiger charge is 2.29. The maximum Gasteiger partial charge on any atom is 0.290 e. The van der Waals surface area contributed by atoms with Gasteiger partial charge in [0.1, 0.15) is 0 Å². The van der Waals surface area contributed by atoms with Crippen molar-refractivity contribution in [2.75, 3.05) is 24.3 Å². The number of nitrogens with zero attached hydrogens (tertiary/aromatic N) is 2. The van der Waals surface area contributed by atoms with Crippen molar-refractivity contribution in [1.82, 2.24) is 4.90 Å². The first-order valence-electron chi connectivity index (χ1n) is 11.6. The van der Waals surface area contributed by atoms with E-state index >= 15 is 0 Å². The van der Waals surface area contributed by atoms with Crippen molar-refractivity contribution >= 4 is 23.2 Å². The average Bonchev–Trinajstić information content (AvgIpc) is 3.25. The highest BCUT2D eigenvalue weighted by molar-refractivity contribution is 5.92. The Bertz CT molecular complexity index is 907. The van der Waals surface area contributed by atoms with Gasteiger partial charge in [0.2, 0.25) is 5.91 Å². The van der Waals surface area contributed by atoms with Gasteiger partial charge in [0.25, 0.3) is 5.91 Å². The number of benzene rings is 1. The molecule has 3 rings (SSSR count). The molecule has 6 heteroatoms. The second-order valence-corrected chi connectivity index (χ2v) is 10.2. The first-order chi connectivity index (χ1) is 15.1. The number of carbonyl (C=O) groups excluding carboxylic acids is 2. The zero-order valence-corrected chi connectivity index (χ0v) is 20.1. The van der Waals surface area contributed by atoms with Gasteiger partial charge in [-0.2, -0.15) is 0 Å². The molecule has 32 heavy (non-hydrogen) atoms. The topological polar surface area (TPSA) is 65.8 Å². The van der Waals surface area contributed by atoms with Gasteiger partial charge in [0.15, 0.2) is 5.76 Å². The molecule has 174 valence electrons. The molecule has 6 nitrogen and oxygen atoms in total. The predicted octanol–water partition coefficient (Wildman–Crippen LogP) is 5.70. The third-order valence-corrected chi connectivity index (χ3v) is 5.88. The lowest BCUT2D eigenvalue weighted by Gasteiger charge is -2.35. The molecule has 1 saturated carbocycles. The summed E-state index contributed by atoms with van der Waals surface area (Å²) >= 11 is 0. The van der Waals surface area contributed by atoms with Crippen LogP contribution in [0.15, 0.2) is 41.0 Å². The third-order valence-electron chi connectivity index (χ3n) is 5.88. The lowest BCUT2D eigenvalue weighted by Crippen LogP contribution is -2.41. The van der Waals surface area contributed by atoms with Gasteiger partial charge in [-0.3, -0.25) is 9.59 Å². The Kier molecular flexibility index (Phi) is 7.64. The standard InChI is InChI=1S/C26H37N3O3/c1-26(2,3)17-24(30)27-20-13-14-22(28(4)5)19(16-20)18-29(21-10-7-6-8-11-21)25(31)23-12-9-15-32-23/h9,12-16,21H,6-8,10-11,17-18H2,1-5H3,(H,27,30). The molecule has 0 aliphatic heterocycles. The minimum atomic E-state index is -0.0796. The fourth-order valence-corrected chi connectivity index (χ4v) is 4.40. The molecule has 0 atom stereocenters. The number of amides is 2. The normalized spacial score (nSPS) is 14.8. The maximum atomic E-state index is 13.4. The van der Waals surface area contributed by atoms with Crippen molar-refractivity contribution in [2.45, 2.75) is 71.9 Å². The summed E-state index contributed by atoms with van der Waals surface area (Å²) in [6.07, 6.45) is 7.49. The van der Waals surface area contributed by atoms with Crippen molar-refractivity contribution in [3.8, 4) is 0 Å². The van der Waals surface area contributed by atoms with Crippen LogP contribution in [0.1, 0.15) is 75.4 Å². The second kappa shape index (κ2) is 10.2. The fourth-order valence-electron chi connectivity index (χ4n) is 4.40. The van der Waals surface area contributed by atoms with Crippen LogP contribution in [0, 0.1) is 5.41 Å². The van der Waals surface area contributed by atoms with E-state index in [-0.39, 0.29) is 23.3 Å². The van der Waals surface area contributed by atoms with E-state index in [1.54, 1.807) is 18.4 Å². The van der Waals surface area contributed by atoms with Crippen molar-refractivity contribution in [3.05, 3.63) is 47.9 Å². The number of anilines is 2. The molecule has 2 amide bonds. The summed E-state index contributed by atoms with van der Waals surface area (Å²) < 4.78 is 5.45. The van der Waals surface area contributed by atoms with Crippen molar-refractivity contribution in [2.24, 2.45) is 5.41 Å². The van der Waals surface area contributed by atoms with Crippen LogP contribution >= 0.6 is 0 Å². The molecule has 0 saturated heterocycles. The van der Waals surface area contributed by atoms with E-state index in [0.29, 0.717) is 18.7 Å². The van der Waals surface area contributed by atoms with Gasteiger partial charge in [0.05, 0.1) is 6.26 Å². The fraction of sp³-hybridized carbons (Fsp3) is 0.538. The quantitative estimate of drug-likeness (QED) is 0.601. The van der Waals surface area contributed by atoms with Gasteiger partial charge >= 0.3 is 0 Å². The van der Waals surface area contributed by atoms with E-state index in [2.05, 4.69) is 26.1 Å². The summed E-state index contributed by atoms with van der Waals surface area (Å²) in [6, 6.07) is 9.62. The summed E-state index contributed by atoms with van der Waals surface area (Å²) in [7, 11) is 3.99. The number of furan rings is 1. The van der Waals surface area contributed by atoms with Crippen molar-refractivity contribution in [1.29, 1.82) is 0 Å². The SMILES string of the molecule is CN(C)c1ccc(NC(=O)CC(C)(C)C)cc1CN(C(=O)c1ccco1)C1CCCCC1. The summed E-state index contributed by atoms with van der Waals surface area (Å²) in [5, 5.41) is 3.04. The zero-order valence-electron chi connectivity index (χ0n) is 20.1. The number of nitrogens with one attached hydrogen (secondary N) is 1. The predicted molar refractivity (Wildman–Crippen MR) is 129 cm³/mol. The highest BCUT2D eigenvalue weighted by Crippen LogP contribution is 2.30. The Morgan fingerprint density at radius 1 is 1.09 bits per heavy atom. The Hall–Kier alpha value is -2.76. The van der Waals surface area contributed by atoms with E-state index in [1.807, 2.05) is 42.1 Å². The van der Waals surface area contributed by atoms with E-state index in [0.717, 1.165) is 42.6 Å². The van der Waals surface area contributed by atoms with E-state index < -0.39 is 0 Å². The molecule has 1 fully saturated rings. The maximum absolute atomic E-state index is 13.4. The monoisotopic (exact) mass is 439 g/mol. The second-order valence-electron chi connectivity index (χ2n) is 10.2. The summed E-state index contributed by atoms with van der Waals surface area (Å²) in [6.45, 7) is 6.63. The van der Waals surface area contributed by atoms with Crippen LogP contribution in [0.5, 0.6) is 0 Å².